The fourth-order valence-corrected chi connectivity index (χ4v) is 4.10. The van der Waals surface area contributed by atoms with Crippen molar-refractivity contribution in [3.8, 4) is 0 Å². The molecule has 1 heterocycles. The van der Waals surface area contributed by atoms with Gasteiger partial charge in [0.15, 0.2) is 0 Å². The first-order valence-corrected chi connectivity index (χ1v) is 10.1. The van der Waals surface area contributed by atoms with Gasteiger partial charge in [0.1, 0.15) is 0 Å². The number of hydrogen-bond acceptors (Lipinski definition) is 2. The number of carbonyl (C=O) groups excluding carboxylic acids is 1. The second-order valence-electron chi connectivity index (χ2n) is 5.97. The highest BCUT2D eigenvalue weighted by molar-refractivity contribution is 9.10. The Morgan fingerprint density at radius 2 is 2.04 bits per heavy atom. The Hall–Kier alpha value is -1.72. The third-order valence-corrected chi connectivity index (χ3v) is 5.74. The van der Waals surface area contributed by atoms with Gasteiger partial charge in [-0.3, -0.25) is 4.79 Å². The normalized spacial score (nSPS) is 11.0. The summed E-state index contributed by atoms with van der Waals surface area (Å²) in [6, 6.07) is 16.6. The molecule has 0 spiro atoms. The van der Waals surface area contributed by atoms with E-state index in [1.807, 2.05) is 6.07 Å². The molecule has 0 fully saturated rings. The van der Waals surface area contributed by atoms with Gasteiger partial charge in [0.25, 0.3) is 0 Å². The standard InChI is InChI=1S/C20H21BrN2OS/c1-15-13-17(21)7-8-19(15)25-14-20(24)22-10-4-11-23-12-9-16-5-2-3-6-18(16)23/h2-3,5-9,12-13H,4,10-11,14H2,1H3,(H,22,24). The number of fused-ring (bicyclic) bond motifs is 1. The quantitative estimate of drug-likeness (QED) is 0.433. The number of rotatable bonds is 7. The summed E-state index contributed by atoms with van der Waals surface area (Å²) in [4.78, 5) is 13.2. The Bertz CT molecular complexity index is 875. The predicted molar refractivity (Wildman–Crippen MR) is 109 cm³/mol. The molecule has 130 valence electrons. The summed E-state index contributed by atoms with van der Waals surface area (Å²) in [5, 5.41) is 4.27. The van der Waals surface area contributed by atoms with E-state index in [1.54, 1.807) is 11.8 Å². The summed E-state index contributed by atoms with van der Waals surface area (Å²) in [5.74, 6) is 0.541. The number of hydrogen-bond donors (Lipinski definition) is 1. The first-order valence-electron chi connectivity index (χ1n) is 8.33. The Kier molecular flexibility index (Phi) is 6.21. The van der Waals surface area contributed by atoms with E-state index in [-0.39, 0.29) is 5.91 Å². The molecule has 0 saturated heterocycles. The van der Waals surface area contributed by atoms with Crippen LogP contribution in [0.4, 0.5) is 0 Å². The largest absolute Gasteiger partial charge is 0.355 e. The molecule has 3 aromatic rings. The van der Waals surface area contributed by atoms with Gasteiger partial charge in [0.05, 0.1) is 5.75 Å². The Morgan fingerprint density at radius 3 is 2.88 bits per heavy atom. The van der Waals surface area contributed by atoms with Crippen molar-refractivity contribution in [2.75, 3.05) is 12.3 Å². The van der Waals surface area contributed by atoms with E-state index >= 15 is 0 Å². The molecule has 0 aliphatic heterocycles. The van der Waals surface area contributed by atoms with Gasteiger partial charge in [-0.05, 0) is 54.6 Å². The minimum Gasteiger partial charge on any atom is -0.355 e. The van der Waals surface area contributed by atoms with Crippen molar-refractivity contribution < 1.29 is 4.79 Å². The number of thioether (sulfide) groups is 1. The lowest BCUT2D eigenvalue weighted by atomic mass is 10.2. The predicted octanol–water partition coefficient (Wildman–Crippen LogP) is 5.01. The van der Waals surface area contributed by atoms with Gasteiger partial charge < -0.3 is 9.88 Å². The van der Waals surface area contributed by atoms with E-state index in [0.717, 1.165) is 22.3 Å². The number of amides is 1. The van der Waals surface area contributed by atoms with E-state index in [2.05, 4.69) is 81.4 Å². The molecule has 0 aliphatic rings. The van der Waals surface area contributed by atoms with E-state index < -0.39 is 0 Å². The van der Waals surface area contributed by atoms with Crippen molar-refractivity contribution in [3.63, 3.8) is 0 Å². The van der Waals surface area contributed by atoms with Crippen LogP contribution in [0.3, 0.4) is 0 Å². The van der Waals surface area contributed by atoms with Crippen LogP contribution in [-0.4, -0.2) is 22.8 Å². The molecule has 0 unspecified atom stereocenters. The third kappa shape index (κ3) is 4.89. The topological polar surface area (TPSA) is 34.0 Å². The molecule has 3 rings (SSSR count). The van der Waals surface area contributed by atoms with Gasteiger partial charge in [-0.2, -0.15) is 0 Å². The van der Waals surface area contributed by atoms with Crippen LogP contribution in [-0.2, 0) is 11.3 Å². The molecule has 1 N–H and O–H groups in total. The zero-order valence-corrected chi connectivity index (χ0v) is 16.6. The molecule has 0 saturated carbocycles. The summed E-state index contributed by atoms with van der Waals surface area (Å²) in [7, 11) is 0. The highest BCUT2D eigenvalue weighted by atomic mass is 79.9. The van der Waals surface area contributed by atoms with Crippen molar-refractivity contribution in [1.82, 2.24) is 9.88 Å². The third-order valence-electron chi connectivity index (χ3n) is 4.07. The maximum Gasteiger partial charge on any atom is 0.230 e. The molecule has 0 bridgehead atoms. The number of nitrogens with zero attached hydrogens (tertiary/aromatic N) is 1. The lowest BCUT2D eigenvalue weighted by Gasteiger charge is -2.08. The zero-order valence-electron chi connectivity index (χ0n) is 14.2. The van der Waals surface area contributed by atoms with Crippen molar-refractivity contribution in [2.24, 2.45) is 0 Å². The maximum atomic E-state index is 12.0. The van der Waals surface area contributed by atoms with Gasteiger partial charge in [-0.25, -0.2) is 0 Å². The van der Waals surface area contributed by atoms with Crippen LogP contribution in [0.25, 0.3) is 10.9 Å². The van der Waals surface area contributed by atoms with Gasteiger partial charge in [0, 0.05) is 34.2 Å². The number of aryl methyl sites for hydroxylation is 2. The average molecular weight is 417 g/mol. The number of nitrogens with one attached hydrogen (secondary N) is 1. The highest BCUT2D eigenvalue weighted by Gasteiger charge is 2.05. The van der Waals surface area contributed by atoms with Crippen LogP contribution in [0.5, 0.6) is 0 Å². The summed E-state index contributed by atoms with van der Waals surface area (Å²) in [5.41, 5.74) is 2.43. The Balaban J connectivity index is 1.40. The number of halogens is 1. The first kappa shape index (κ1) is 18.1. The minimum atomic E-state index is 0.0877. The molecule has 3 nitrogen and oxygen atoms in total. The average Bonchev–Trinajstić information content (AvgIpc) is 3.01. The molecule has 1 aromatic heterocycles. The Labute approximate surface area is 160 Å². The molecule has 2 aromatic carbocycles. The van der Waals surface area contributed by atoms with Gasteiger partial charge >= 0.3 is 0 Å². The molecule has 25 heavy (non-hydrogen) atoms. The van der Waals surface area contributed by atoms with E-state index in [9.17, 15) is 4.79 Å². The number of aromatic nitrogens is 1. The van der Waals surface area contributed by atoms with Gasteiger partial charge in [0.2, 0.25) is 5.91 Å². The van der Waals surface area contributed by atoms with Crippen LogP contribution in [0.2, 0.25) is 0 Å². The number of para-hydroxylation sites is 1. The summed E-state index contributed by atoms with van der Waals surface area (Å²) >= 11 is 5.04. The summed E-state index contributed by atoms with van der Waals surface area (Å²) < 4.78 is 3.30. The van der Waals surface area contributed by atoms with Crippen molar-refractivity contribution in [1.29, 1.82) is 0 Å². The highest BCUT2D eigenvalue weighted by Crippen LogP contribution is 2.25. The lowest BCUT2D eigenvalue weighted by molar-refractivity contribution is -0.118. The monoisotopic (exact) mass is 416 g/mol. The zero-order chi connectivity index (χ0) is 17.6. The molecule has 0 radical (unpaired) electrons. The summed E-state index contributed by atoms with van der Waals surface area (Å²) in [6.07, 6.45) is 3.03. The van der Waals surface area contributed by atoms with Crippen LogP contribution >= 0.6 is 27.7 Å². The fraction of sp³-hybridized carbons (Fsp3) is 0.250. The SMILES string of the molecule is Cc1cc(Br)ccc1SCC(=O)NCCCn1ccc2ccccc21. The Morgan fingerprint density at radius 1 is 1.20 bits per heavy atom. The smallest absolute Gasteiger partial charge is 0.230 e. The van der Waals surface area contributed by atoms with E-state index in [0.29, 0.717) is 12.3 Å². The second kappa shape index (κ2) is 8.59. The molecule has 1 amide bonds. The fourth-order valence-electron chi connectivity index (χ4n) is 2.78. The van der Waals surface area contributed by atoms with Crippen molar-refractivity contribution in [2.45, 2.75) is 24.8 Å². The molecule has 5 heteroatoms. The van der Waals surface area contributed by atoms with E-state index in [4.69, 9.17) is 0 Å². The molecular weight excluding hydrogens is 396 g/mol. The molecule has 0 aliphatic carbocycles. The van der Waals surface area contributed by atoms with Crippen LogP contribution in [0, 0.1) is 6.92 Å². The van der Waals surface area contributed by atoms with Crippen molar-refractivity contribution >= 4 is 44.5 Å². The van der Waals surface area contributed by atoms with Gasteiger partial charge in [-0.15, -0.1) is 11.8 Å². The number of benzene rings is 2. The summed E-state index contributed by atoms with van der Waals surface area (Å²) in [6.45, 7) is 3.67. The second-order valence-corrected chi connectivity index (χ2v) is 7.90. The van der Waals surface area contributed by atoms with Crippen molar-refractivity contribution in [3.05, 3.63) is 64.8 Å². The number of carbonyl (C=O) groups is 1. The molecule has 0 atom stereocenters. The van der Waals surface area contributed by atoms with Crippen LogP contribution < -0.4 is 5.32 Å². The minimum absolute atomic E-state index is 0.0877. The van der Waals surface area contributed by atoms with Crippen LogP contribution in [0.15, 0.2) is 64.1 Å². The molecular formula is C20H21BrN2OS. The van der Waals surface area contributed by atoms with Crippen LogP contribution in [0.1, 0.15) is 12.0 Å². The lowest BCUT2D eigenvalue weighted by Crippen LogP contribution is -2.26. The first-order chi connectivity index (χ1) is 12.1. The van der Waals surface area contributed by atoms with E-state index in [1.165, 1.54) is 16.5 Å². The van der Waals surface area contributed by atoms with Gasteiger partial charge in [-0.1, -0.05) is 34.1 Å². The maximum absolute atomic E-state index is 12.0.